The molecule has 0 bridgehead atoms. The summed E-state index contributed by atoms with van der Waals surface area (Å²) in [5, 5.41) is 15.2. The normalized spacial score (nSPS) is 18.8. The van der Waals surface area contributed by atoms with Crippen LogP contribution in [0, 0.1) is 5.82 Å². The lowest BCUT2D eigenvalue weighted by Crippen LogP contribution is -2.32. The van der Waals surface area contributed by atoms with Gasteiger partial charge in [0.05, 0.1) is 16.2 Å². The Morgan fingerprint density at radius 3 is 2.52 bits per heavy atom. The SMILES string of the molecule is C[C@H]1NCC[C@H]1Nc1cc(F)c(S(=O)(=O)Nc2cscn2)cc1Cl.O=C(O)C(F)(F)F. The maximum atomic E-state index is 14.4. The third-order valence-electron chi connectivity index (χ3n) is 4.09. The summed E-state index contributed by atoms with van der Waals surface area (Å²) in [4.78, 5) is 12.2. The van der Waals surface area contributed by atoms with Crippen LogP contribution in [-0.4, -0.2) is 49.3 Å². The summed E-state index contributed by atoms with van der Waals surface area (Å²) >= 11 is 7.39. The molecule has 2 aromatic rings. The fourth-order valence-electron chi connectivity index (χ4n) is 2.56. The van der Waals surface area contributed by atoms with E-state index in [0.717, 1.165) is 25.1 Å². The maximum absolute atomic E-state index is 14.4. The molecule has 8 nitrogen and oxygen atoms in total. The van der Waals surface area contributed by atoms with Crippen LogP contribution in [0.4, 0.5) is 29.1 Å². The largest absolute Gasteiger partial charge is 0.490 e. The summed E-state index contributed by atoms with van der Waals surface area (Å²) in [5.74, 6) is -3.49. The van der Waals surface area contributed by atoms with Crippen LogP contribution in [0.2, 0.25) is 5.02 Å². The average molecular weight is 505 g/mol. The van der Waals surface area contributed by atoms with Crippen molar-refractivity contribution in [2.45, 2.75) is 36.5 Å². The number of nitrogens with zero attached hydrogens (tertiary/aromatic N) is 1. The molecule has 1 aromatic carbocycles. The third kappa shape index (κ3) is 6.92. The van der Waals surface area contributed by atoms with Crippen molar-refractivity contribution in [3.63, 3.8) is 0 Å². The molecule has 3 rings (SSSR count). The van der Waals surface area contributed by atoms with Gasteiger partial charge >= 0.3 is 12.1 Å². The van der Waals surface area contributed by atoms with E-state index in [9.17, 15) is 26.0 Å². The molecule has 1 fully saturated rings. The van der Waals surface area contributed by atoms with Gasteiger partial charge in [0.1, 0.15) is 10.7 Å². The van der Waals surface area contributed by atoms with E-state index in [4.69, 9.17) is 21.5 Å². The number of carboxylic acid groups (broad SMARTS) is 1. The van der Waals surface area contributed by atoms with Crippen LogP contribution in [0.3, 0.4) is 0 Å². The van der Waals surface area contributed by atoms with E-state index in [2.05, 4.69) is 20.3 Å². The van der Waals surface area contributed by atoms with E-state index in [0.29, 0.717) is 5.69 Å². The van der Waals surface area contributed by atoms with Crippen LogP contribution in [0.5, 0.6) is 0 Å². The van der Waals surface area contributed by atoms with Crippen LogP contribution in [-0.2, 0) is 14.8 Å². The topological polar surface area (TPSA) is 120 Å². The number of hydrogen-bond acceptors (Lipinski definition) is 7. The van der Waals surface area contributed by atoms with Crippen LogP contribution in [0.15, 0.2) is 27.9 Å². The van der Waals surface area contributed by atoms with Crippen molar-refractivity contribution in [1.29, 1.82) is 0 Å². The van der Waals surface area contributed by atoms with Gasteiger partial charge in [-0.3, -0.25) is 4.72 Å². The van der Waals surface area contributed by atoms with Gasteiger partial charge in [0, 0.05) is 17.5 Å². The fourth-order valence-corrected chi connectivity index (χ4v) is 4.48. The van der Waals surface area contributed by atoms with Gasteiger partial charge < -0.3 is 15.7 Å². The number of thiazole rings is 1. The minimum Gasteiger partial charge on any atom is -0.475 e. The smallest absolute Gasteiger partial charge is 0.475 e. The molecular weight excluding hydrogens is 488 g/mol. The third-order valence-corrected chi connectivity index (χ3v) is 6.36. The molecular formula is C16H17ClF4N4O4S2. The number of benzene rings is 1. The number of halogens is 5. The summed E-state index contributed by atoms with van der Waals surface area (Å²) in [5.41, 5.74) is 1.85. The number of nitrogens with one attached hydrogen (secondary N) is 3. The molecule has 172 valence electrons. The number of carboxylic acids is 1. The predicted octanol–water partition coefficient (Wildman–Crippen LogP) is 3.53. The molecule has 15 heteroatoms. The van der Waals surface area contributed by atoms with Crippen LogP contribution >= 0.6 is 22.9 Å². The van der Waals surface area contributed by atoms with Gasteiger partial charge in [-0.15, -0.1) is 11.3 Å². The Balaban J connectivity index is 0.000000423. The molecule has 0 amide bonds. The maximum Gasteiger partial charge on any atom is 0.490 e. The van der Waals surface area contributed by atoms with E-state index in [1.54, 1.807) is 0 Å². The van der Waals surface area contributed by atoms with Gasteiger partial charge in [-0.1, -0.05) is 11.6 Å². The first-order valence-electron chi connectivity index (χ1n) is 8.51. The standard InChI is InChI=1S/C14H16ClFN4O2S2.C2HF3O2/c1-8-11(2-3-17-8)19-12-5-10(16)13(4-9(12)15)24(21,22)20-14-6-23-7-18-14;3-2(4,5)1(6)7/h4-8,11,17,19-20H,2-3H2,1H3;(H,6,7)/t8-,11-;/m1./s1. The van der Waals surface area contributed by atoms with Gasteiger partial charge in [0.25, 0.3) is 10.0 Å². The van der Waals surface area contributed by atoms with Crippen LogP contribution < -0.4 is 15.4 Å². The molecule has 1 saturated heterocycles. The fraction of sp³-hybridized carbons (Fsp3) is 0.375. The molecule has 1 aromatic heterocycles. The van der Waals surface area contributed by atoms with Crippen molar-refractivity contribution in [2.75, 3.05) is 16.6 Å². The van der Waals surface area contributed by atoms with Gasteiger partial charge in [0.15, 0.2) is 5.82 Å². The Morgan fingerprint density at radius 1 is 1.39 bits per heavy atom. The average Bonchev–Trinajstić information content (AvgIpc) is 3.29. The molecule has 1 aliphatic heterocycles. The van der Waals surface area contributed by atoms with Gasteiger partial charge in [-0.05, 0) is 32.0 Å². The number of rotatable bonds is 5. The van der Waals surface area contributed by atoms with E-state index >= 15 is 0 Å². The molecule has 4 N–H and O–H groups in total. The highest BCUT2D eigenvalue weighted by molar-refractivity contribution is 7.92. The predicted molar refractivity (Wildman–Crippen MR) is 108 cm³/mol. The molecule has 0 unspecified atom stereocenters. The lowest BCUT2D eigenvalue weighted by atomic mass is 10.1. The summed E-state index contributed by atoms with van der Waals surface area (Å²) in [6.45, 7) is 2.88. The van der Waals surface area contributed by atoms with E-state index in [-0.39, 0.29) is 22.9 Å². The zero-order valence-electron chi connectivity index (χ0n) is 15.7. The minimum absolute atomic E-state index is 0.109. The Kier molecular flexibility index (Phi) is 8.08. The van der Waals surface area contributed by atoms with E-state index in [1.807, 2.05) is 6.92 Å². The van der Waals surface area contributed by atoms with Crippen molar-refractivity contribution >= 4 is 50.4 Å². The molecule has 0 spiro atoms. The summed E-state index contributed by atoms with van der Waals surface area (Å²) in [6.07, 6.45) is -4.20. The second-order valence-electron chi connectivity index (χ2n) is 6.33. The van der Waals surface area contributed by atoms with E-state index in [1.165, 1.54) is 22.2 Å². The number of anilines is 2. The summed E-state index contributed by atoms with van der Waals surface area (Å²) in [6, 6.07) is 2.56. The molecule has 1 aliphatic rings. The first kappa shape index (κ1) is 25.1. The molecule has 0 radical (unpaired) electrons. The second-order valence-corrected chi connectivity index (χ2v) is 9.10. The molecule has 2 atom stereocenters. The summed E-state index contributed by atoms with van der Waals surface area (Å²) in [7, 11) is -4.10. The quantitative estimate of drug-likeness (QED) is 0.460. The summed E-state index contributed by atoms with van der Waals surface area (Å²) < 4.78 is 72.9. The number of sulfonamides is 1. The Labute approximate surface area is 183 Å². The molecule has 2 heterocycles. The van der Waals surface area contributed by atoms with Gasteiger partial charge in [0.2, 0.25) is 0 Å². The first-order chi connectivity index (χ1) is 14.3. The number of carbonyl (C=O) groups is 1. The number of alkyl halides is 3. The lowest BCUT2D eigenvalue weighted by molar-refractivity contribution is -0.192. The number of aromatic nitrogens is 1. The highest BCUT2D eigenvalue weighted by Crippen LogP contribution is 2.30. The monoisotopic (exact) mass is 504 g/mol. The first-order valence-corrected chi connectivity index (χ1v) is 11.3. The Morgan fingerprint density at radius 2 is 2.03 bits per heavy atom. The number of hydrogen-bond donors (Lipinski definition) is 4. The van der Waals surface area contributed by atoms with E-state index < -0.39 is 32.9 Å². The second kappa shape index (κ2) is 9.97. The number of aliphatic carboxylic acids is 1. The molecule has 31 heavy (non-hydrogen) atoms. The van der Waals surface area contributed by atoms with Gasteiger partial charge in [-0.2, -0.15) is 13.2 Å². The highest BCUT2D eigenvalue weighted by Gasteiger charge is 2.38. The van der Waals surface area contributed by atoms with Crippen molar-refractivity contribution in [3.05, 3.63) is 33.9 Å². The van der Waals surface area contributed by atoms with Gasteiger partial charge in [-0.25, -0.2) is 22.6 Å². The zero-order valence-corrected chi connectivity index (χ0v) is 18.1. The minimum atomic E-state index is -5.08. The van der Waals surface area contributed by atoms with Crippen LogP contribution in [0.1, 0.15) is 13.3 Å². The Bertz CT molecular complexity index is 1020. The molecule has 0 aliphatic carbocycles. The Hall–Kier alpha value is -2.16. The van der Waals surface area contributed by atoms with Crippen molar-refractivity contribution in [1.82, 2.24) is 10.3 Å². The molecule has 0 saturated carbocycles. The highest BCUT2D eigenvalue weighted by atomic mass is 35.5. The van der Waals surface area contributed by atoms with Crippen molar-refractivity contribution in [2.24, 2.45) is 0 Å². The zero-order chi connectivity index (χ0) is 23.4. The lowest BCUT2D eigenvalue weighted by Gasteiger charge is -2.20. The van der Waals surface area contributed by atoms with Crippen LogP contribution in [0.25, 0.3) is 0 Å². The van der Waals surface area contributed by atoms with Crippen molar-refractivity contribution < 1.29 is 35.9 Å². The van der Waals surface area contributed by atoms with Crippen molar-refractivity contribution in [3.8, 4) is 0 Å².